The van der Waals surface area contributed by atoms with Crippen LogP contribution in [-0.2, 0) is 0 Å². The van der Waals surface area contributed by atoms with Crippen molar-refractivity contribution >= 4 is 21.5 Å². The molecule has 0 amide bonds. The summed E-state index contributed by atoms with van der Waals surface area (Å²) in [5.74, 6) is 0. The van der Waals surface area contributed by atoms with Crippen LogP contribution in [0.1, 0.15) is 38.5 Å². The zero-order chi connectivity index (χ0) is 8.93. The third-order valence-corrected chi connectivity index (χ3v) is 6.26. The van der Waals surface area contributed by atoms with Crippen molar-refractivity contribution < 1.29 is 0 Å². The van der Waals surface area contributed by atoms with Crippen molar-refractivity contribution in [2.24, 2.45) is 0 Å². The molecule has 2 rings (SSSR count). The van der Waals surface area contributed by atoms with Gasteiger partial charge in [0.05, 0.1) is 0 Å². The van der Waals surface area contributed by atoms with Crippen LogP contribution in [0.4, 0.5) is 0 Å². The second kappa shape index (κ2) is 5.56. The Morgan fingerprint density at radius 2 is 0.923 bits per heavy atom. The van der Waals surface area contributed by atoms with Gasteiger partial charge >= 0.3 is 92.5 Å². The zero-order valence-corrected chi connectivity index (χ0v) is 10.7. The number of rotatable bonds is 2. The molecule has 0 saturated carbocycles. The monoisotopic (exact) mass is 298 g/mol. The van der Waals surface area contributed by atoms with Crippen molar-refractivity contribution in [2.75, 3.05) is 26.2 Å². The minimum absolute atomic E-state index is 0.0673. The van der Waals surface area contributed by atoms with Crippen molar-refractivity contribution in [3.63, 3.8) is 0 Å². The molecule has 0 aromatic rings. The summed E-state index contributed by atoms with van der Waals surface area (Å²) in [5, 5.41) is 0. The van der Waals surface area contributed by atoms with Crippen LogP contribution in [0, 0.1) is 0 Å². The molecule has 0 aliphatic carbocycles. The van der Waals surface area contributed by atoms with Gasteiger partial charge in [0, 0.05) is 0 Å². The van der Waals surface area contributed by atoms with Gasteiger partial charge in [0.25, 0.3) is 0 Å². The summed E-state index contributed by atoms with van der Waals surface area (Å²) >= 11 is 0.0673. The van der Waals surface area contributed by atoms with E-state index in [1.54, 1.807) is 0 Å². The standard InChI is InChI=1S/C10H20N2Te/c1-3-7-11(8-4-1)13-12-9-5-2-6-10-12/h1-10H2/q+1. The second-order valence-corrected chi connectivity index (χ2v) is 7.47. The Morgan fingerprint density at radius 1 is 0.538 bits per heavy atom. The fourth-order valence-corrected chi connectivity index (χ4v) is 5.39. The average molecular weight is 296 g/mol. The van der Waals surface area contributed by atoms with Crippen LogP contribution in [0.5, 0.6) is 0 Å². The molecule has 2 aliphatic rings. The first-order valence-electron chi connectivity index (χ1n) is 5.63. The molecule has 0 aromatic heterocycles. The van der Waals surface area contributed by atoms with Crippen molar-refractivity contribution in [1.82, 2.24) is 6.30 Å². The van der Waals surface area contributed by atoms with Gasteiger partial charge in [-0.1, -0.05) is 0 Å². The van der Waals surface area contributed by atoms with Gasteiger partial charge in [-0.2, -0.15) is 0 Å². The Morgan fingerprint density at radius 3 is 1.31 bits per heavy atom. The molecule has 2 aliphatic heterocycles. The van der Waals surface area contributed by atoms with Gasteiger partial charge in [0.2, 0.25) is 0 Å². The normalized spacial score (nSPS) is 27.7. The van der Waals surface area contributed by atoms with Crippen molar-refractivity contribution in [3.8, 4) is 0 Å². The molecular weight excluding hydrogens is 276 g/mol. The molecule has 0 atom stereocenters. The summed E-state index contributed by atoms with van der Waals surface area (Å²) in [6, 6.07) is 0. The van der Waals surface area contributed by atoms with Gasteiger partial charge in [-0.3, -0.25) is 0 Å². The van der Waals surface area contributed by atoms with E-state index in [-0.39, 0.29) is 21.5 Å². The summed E-state index contributed by atoms with van der Waals surface area (Å²) in [5.41, 5.74) is 0. The predicted octanol–water partition coefficient (Wildman–Crippen LogP) is 1.49. The van der Waals surface area contributed by atoms with Gasteiger partial charge in [-0.05, 0) is 0 Å². The molecule has 2 heterocycles. The Balaban J connectivity index is 1.69. The van der Waals surface area contributed by atoms with Crippen LogP contribution in [0.25, 0.3) is 0 Å². The molecule has 2 fully saturated rings. The summed E-state index contributed by atoms with van der Waals surface area (Å²) in [6.45, 7) is 5.61. The molecule has 3 heteroatoms. The van der Waals surface area contributed by atoms with Crippen molar-refractivity contribution in [3.05, 3.63) is 0 Å². The van der Waals surface area contributed by atoms with Crippen molar-refractivity contribution in [1.29, 1.82) is 0 Å². The van der Waals surface area contributed by atoms with E-state index in [2.05, 4.69) is 6.30 Å². The van der Waals surface area contributed by atoms with E-state index < -0.39 is 0 Å². The number of piperidine rings is 2. The van der Waals surface area contributed by atoms with Gasteiger partial charge < -0.3 is 0 Å². The van der Waals surface area contributed by atoms with Crippen LogP contribution in [-0.4, -0.2) is 53.9 Å². The summed E-state index contributed by atoms with van der Waals surface area (Å²) in [7, 11) is 0. The Kier molecular flexibility index (Phi) is 4.37. The Bertz CT molecular complexity index is 124. The van der Waals surface area contributed by atoms with E-state index in [1.165, 1.54) is 64.7 Å². The number of nitrogens with zero attached hydrogens (tertiary/aromatic N) is 2. The second-order valence-electron chi connectivity index (χ2n) is 4.06. The first-order valence-corrected chi connectivity index (χ1v) is 7.71. The van der Waals surface area contributed by atoms with E-state index in [0.717, 1.165) is 0 Å². The Hall–Kier alpha value is 0.710. The predicted molar refractivity (Wildman–Crippen MR) is 56.6 cm³/mol. The van der Waals surface area contributed by atoms with E-state index >= 15 is 0 Å². The molecule has 1 radical (unpaired) electrons. The summed E-state index contributed by atoms with van der Waals surface area (Å²) in [4.78, 5) is 0. The molecule has 0 bridgehead atoms. The van der Waals surface area contributed by atoms with Crippen LogP contribution in [0.3, 0.4) is 0 Å². The van der Waals surface area contributed by atoms with E-state index in [4.69, 9.17) is 0 Å². The first kappa shape index (κ1) is 10.2. The van der Waals surface area contributed by atoms with Gasteiger partial charge in [0.15, 0.2) is 0 Å². The third kappa shape index (κ3) is 3.40. The van der Waals surface area contributed by atoms with Crippen LogP contribution in [0.2, 0.25) is 0 Å². The fraction of sp³-hybridized carbons (Fsp3) is 1.00. The van der Waals surface area contributed by atoms with Crippen LogP contribution >= 0.6 is 0 Å². The van der Waals surface area contributed by atoms with E-state index in [9.17, 15) is 0 Å². The molecule has 0 unspecified atom stereocenters. The number of hydrogen-bond acceptors (Lipinski definition) is 2. The third-order valence-electron chi connectivity index (χ3n) is 2.86. The molecular formula is C10H20N2Te+. The molecule has 0 N–H and O–H groups in total. The van der Waals surface area contributed by atoms with Crippen LogP contribution in [0.15, 0.2) is 0 Å². The topological polar surface area (TPSA) is 6.48 Å². The molecule has 13 heavy (non-hydrogen) atoms. The number of hydrogen-bond donors (Lipinski definition) is 0. The van der Waals surface area contributed by atoms with E-state index in [0.29, 0.717) is 0 Å². The molecule has 75 valence electrons. The van der Waals surface area contributed by atoms with Gasteiger partial charge in [0.1, 0.15) is 0 Å². The SMILES string of the molecule is C1CCN([Te+]N2CCCCC2)CC1. The summed E-state index contributed by atoms with van der Waals surface area (Å²) in [6.07, 6.45) is 8.78. The van der Waals surface area contributed by atoms with Gasteiger partial charge in [-0.25, -0.2) is 0 Å². The molecule has 2 saturated heterocycles. The van der Waals surface area contributed by atoms with Crippen LogP contribution < -0.4 is 0 Å². The fourth-order valence-electron chi connectivity index (χ4n) is 2.06. The first-order chi connectivity index (χ1) is 6.45. The van der Waals surface area contributed by atoms with E-state index in [1.807, 2.05) is 0 Å². The molecule has 0 aromatic carbocycles. The summed E-state index contributed by atoms with van der Waals surface area (Å²) < 4.78 is 5.53. The quantitative estimate of drug-likeness (QED) is 0.712. The minimum atomic E-state index is 0.0673. The zero-order valence-electron chi connectivity index (χ0n) is 8.37. The molecule has 2 nitrogen and oxygen atoms in total. The Labute approximate surface area is 92.4 Å². The average Bonchev–Trinajstić information content (AvgIpc) is 2.21. The van der Waals surface area contributed by atoms with Gasteiger partial charge in [-0.15, -0.1) is 0 Å². The molecule has 0 spiro atoms. The maximum atomic E-state index is 2.76. The van der Waals surface area contributed by atoms with Crippen molar-refractivity contribution in [2.45, 2.75) is 38.5 Å². The maximum absolute atomic E-state index is 2.76.